The molecule has 4 rings (SSSR count). The highest BCUT2D eigenvalue weighted by Crippen LogP contribution is 2.19. The van der Waals surface area contributed by atoms with Gasteiger partial charge in [0.05, 0.1) is 0 Å². The molecule has 0 radical (unpaired) electrons. The quantitative estimate of drug-likeness (QED) is 0.597. The number of amides is 1. The Morgan fingerprint density at radius 1 is 1.10 bits per heavy atom. The van der Waals surface area contributed by atoms with Crippen LogP contribution in [0.3, 0.4) is 0 Å². The molecule has 1 aliphatic rings. The Morgan fingerprint density at radius 3 is 2.42 bits per heavy atom. The summed E-state index contributed by atoms with van der Waals surface area (Å²) in [6, 6.07) is 6.96. The van der Waals surface area contributed by atoms with Crippen molar-refractivity contribution in [1.29, 1.82) is 0 Å². The number of benzene rings is 1. The van der Waals surface area contributed by atoms with E-state index in [0.29, 0.717) is 29.5 Å². The summed E-state index contributed by atoms with van der Waals surface area (Å²) in [7, 11) is 1.53. The first-order chi connectivity index (χ1) is 14.9. The van der Waals surface area contributed by atoms with E-state index in [9.17, 15) is 14.4 Å². The van der Waals surface area contributed by atoms with E-state index in [2.05, 4.69) is 21.8 Å². The van der Waals surface area contributed by atoms with E-state index in [1.54, 1.807) is 29.2 Å². The summed E-state index contributed by atoms with van der Waals surface area (Å²) in [4.78, 5) is 51.3. The minimum Gasteiger partial charge on any atom is -0.339 e. The summed E-state index contributed by atoms with van der Waals surface area (Å²) in [6.07, 6.45) is 1.40. The van der Waals surface area contributed by atoms with Crippen LogP contribution in [-0.2, 0) is 18.4 Å². The molecule has 3 heterocycles. The summed E-state index contributed by atoms with van der Waals surface area (Å²) in [5.74, 6) is 0.134. The van der Waals surface area contributed by atoms with Gasteiger partial charge in [-0.2, -0.15) is 0 Å². The van der Waals surface area contributed by atoms with Crippen molar-refractivity contribution in [2.75, 3.05) is 32.7 Å². The number of likely N-dealkylation sites (N-methyl/N-ethyl adjacent to an activating group) is 1. The molecular formula is C21H23ClN6O3. The third-order valence-corrected chi connectivity index (χ3v) is 5.90. The normalized spacial score (nSPS) is 14.9. The van der Waals surface area contributed by atoms with E-state index in [-0.39, 0.29) is 23.5 Å². The monoisotopic (exact) mass is 442 g/mol. The van der Waals surface area contributed by atoms with Crippen molar-refractivity contribution in [3.63, 3.8) is 0 Å². The zero-order valence-electron chi connectivity index (χ0n) is 17.4. The van der Waals surface area contributed by atoms with Gasteiger partial charge in [-0.1, -0.05) is 18.5 Å². The summed E-state index contributed by atoms with van der Waals surface area (Å²) < 4.78 is 2.24. The molecule has 9 nitrogen and oxygen atoms in total. The lowest BCUT2D eigenvalue weighted by Crippen LogP contribution is -2.51. The van der Waals surface area contributed by atoms with Gasteiger partial charge in [0.2, 0.25) is 5.91 Å². The van der Waals surface area contributed by atoms with Crippen molar-refractivity contribution in [2.24, 2.45) is 7.05 Å². The van der Waals surface area contributed by atoms with Crippen molar-refractivity contribution >= 4 is 28.5 Å². The van der Waals surface area contributed by atoms with Crippen LogP contribution < -0.4 is 11.2 Å². The number of hydrogen-bond donors (Lipinski definition) is 0. The highest BCUT2D eigenvalue weighted by Gasteiger charge is 2.23. The molecule has 3 aromatic rings. The lowest BCUT2D eigenvalue weighted by Gasteiger charge is -2.34. The predicted molar refractivity (Wildman–Crippen MR) is 118 cm³/mol. The molecule has 1 aromatic carbocycles. The number of hydrogen-bond acceptors (Lipinski definition) is 6. The second-order valence-electron chi connectivity index (χ2n) is 7.49. The maximum atomic E-state index is 13.0. The molecule has 1 amide bonds. The Labute approximate surface area is 183 Å². The molecule has 0 atom stereocenters. The molecule has 31 heavy (non-hydrogen) atoms. The third kappa shape index (κ3) is 4.11. The fourth-order valence-electron chi connectivity index (χ4n) is 3.71. The maximum Gasteiger partial charge on any atom is 0.332 e. The van der Waals surface area contributed by atoms with Crippen molar-refractivity contribution < 1.29 is 4.79 Å². The Kier molecular flexibility index (Phi) is 5.88. The van der Waals surface area contributed by atoms with E-state index in [4.69, 9.17) is 11.6 Å². The van der Waals surface area contributed by atoms with Gasteiger partial charge in [0.1, 0.15) is 11.9 Å². The number of nitrogens with zero attached hydrogens (tertiary/aromatic N) is 6. The van der Waals surface area contributed by atoms with Crippen molar-refractivity contribution in [3.05, 3.63) is 56.3 Å². The number of fused-ring (bicyclic) bond motifs is 1. The first kappa shape index (κ1) is 21.2. The Balaban J connectivity index is 1.67. The van der Waals surface area contributed by atoms with Gasteiger partial charge in [-0.25, -0.2) is 14.8 Å². The van der Waals surface area contributed by atoms with Gasteiger partial charge < -0.3 is 9.80 Å². The first-order valence-corrected chi connectivity index (χ1v) is 10.5. The van der Waals surface area contributed by atoms with Crippen LogP contribution in [0.4, 0.5) is 0 Å². The van der Waals surface area contributed by atoms with Crippen LogP contribution in [0.15, 0.2) is 40.1 Å². The van der Waals surface area contributed by atoms with Gasteiger partial charge >= 0.3 is 5.69 Å². The van der Waals surface area contributed by atoms with Crippen LogP contribution in [0.1, 0.15) is 6.92 Å². The topological polar surface area (TPSA) is 93.3 Å². The first-order valence-electron chi connectivity index (χ1n) is 10.1. The second-order valence-corrected chi connectivity index (χ2v) is 7.92. The van der Waals surface area contributed by atoms with Gasteiger partial charge in [-0.05, 0) is 30.8 Å². The standard InChI is InChI=1S/C21H23ClN6O3/c1-3-26-8-10-27(11-9-26)17(29)13-28-20(30)16-12-23-18(14-4-6-15(22)7-5-14)24-19(16)25(2)21(28)31/h4-7,12H,3,8-11,13H2,1-2H3. The SMILES string of the molecule is CCN1CCN(C(=O)Cn2c(=O)c3cnc(-c4ccc(Cl)cc4)nc3n(C)c2=O)CC1. The molecule has 0 unspecified atom stereocenters. The van der Waals surface area contributed by atoms with Gasteiger partial charge in [-0.15, -0.1) is 0 Å². The lowest BCUT2D eigenvalue weighted by molar-refractivity contribution is -0.133. The molecule has 10 heteroatoms. The molecular weight excluding hydrogens is 420 g/mol. The molecule has 162 valence electrons. The van der Waals surface area contributed by atoms with Crippen LogP contribution >= 0.6 is 11.6 Å². The fraction of sp³-hybridized carbons (Fsp3) is 0.381. The van der Waals surface area contributed by atoms with Gasteiger partial charge in [0.15, 0.2) is 11.5 Å². The van der Waals surface area contributed by atoms with E-state index in [1.807, 2.05) is 0 Å². The summed E-state index contributed by atoms with van der Waals surface area (Å²) in [5, 5.41) is 0.768. The molecule has 0 aliphatic carbocycles. The molecule has 2 aromatic heterocycles. The van der Waals surface area contributed by atoms with Gasteiger partial charge in [0, 0.05) is 50.0 Å². The zero-order valence-corrected chi connectivity index (χ0v) is 18.2. The average molecular weight is 443 g/mol. The molecule has 1 saturated heterocycles. The maximum absolute atomic E-state index is 13.0. The Bertz CT molecular complexity index is 1240. The summed E-state index contributed by atoms with van der Waals surface area (Å²) >= 11 is 5.93. The average Bonchev–Trinajstić information content (AvgIpc) is 2.80. The van der Waals surface area contributed by atoms with E-state index in [1.165, 1.54) is 17.8 Å². The Morgan fingerprint density at radius 2 is 1.77 bits per heavy atom. The summed E-state index contributed by atoms with van der Waals surface area (Å²) in [6.45, 7) is 5.46. The number of rotatable bonds is 4. The van der Waals surface area contributed by atoms with Crippen LogP contribution in [0, 0.1) is 0 Å². The number of halogens is 1. The molecule has 1 aliphatic heterocycles. The van der Waals surface area contributed by atoms with Gasteiger partial charge in [0.25, 0.3) is 5.56 Å². The van der Waals surface area contributed by atoms with E-state index >= 15 is 0 Å². The van der Waals surface area contributed by atoms with E-state index < -0.39 is 11.2 Å². The van der Waals surface area contributed by atoms with Crippen molar-refractivity contribution in [1.82, 2.24) is 28.9 Å². The summed E-state index contributed by atoms with van der Waals surface area (Å²) in [5.41, 5.74) is -0.223. The zero-order chi connectivity index (χ0) is 22.1. The Hall–Kier alpha value is -3.04. The smallest absolute Gasteiger partial charge is 0.332 e. The molecule has 0 bridgehead atoms. The highest BCUT2D eigenvalue weighted by molar-refractivity contribution is 6.30. The molecule has 1 fully saturated rings. The predicted octanol–water partition coefficient (Wildman–Crippen LogP) is 0.975. The number of carbonyl (C=O) groups excluding carboxylic acids is 1. The molecule has 0 N–H and O–H groups in total. The van der Waals surface area contributed by atoms with Gasteiger partial charge in [-0.3, -0.25) is 18.7 Å². The third-order valence-electron chi connectivity index (χ3n) is 5.65. The van der Waals surface area contributed by atoms with Crippen molar-refractivity contribution in [3.8, 4) is 11.4 Å². The highest BCUT2D eigenvalue weighted by atomic mass is 35.5. The van der Waals surface area contributed by atoms with Crippen LogP contribution in [0.5, 0.6) is 0 Å². The van der Waals surface area contributed by atoms with Crippen molar-refractivity contribution in [2.45, 2.75) is 13.5 Å². The number of aryl methyl sites for hydroxylation is 1. The minimum atomic E-state index is -0.584. The number of piperazine rings is 1. The number of carbonyl (C=O) groups is 1. The fourth-order valence-corrected chi connectivity index (χ4v) is 3.84. The second kappa shape index (κ2) is 8.60. The van der Waals surface area contributed by atoms with Crippen LogP contribution in [0.25, 0.3) is 22.4 Å². The molecule has 0 saturated carbocycles. The van der Waals surface area contributed by atoms with Crippen LogP contribution in [0.2, 0.25) is 5.02 Å². The number of aromatic nitrogens is 4. The van der Waals surface area contributed by atoms with E-state index in [0.717, 1.165) is 24.2 Å². The largest absolute Gasteiger partial charge is 0.339 e. The molecule has 0 spiro atoms. The minimum absolute atomic E-state index is 0.184. The lowest BCUT2D eigenvalue weighted by atomic mass is 10.2. The van der Waals surface area contributed by atoms with Crippen LogP contribution in [-0.4, -0.2) is 67.5 Å².